The fourth-order valence-electron chi connectivity index (χ4n) is 1.67. The molecule has 0 aliphatic carbocycles. The zero-order valence-electron chi connectivity index (χ0n) is 10.2. The minimum Gasteiger partial charge on any atom is -0.478 e. The van der Waals surface area contributed by atoms with Crippen molar-refractivity contribution in [1.29, 1.82) is 5.26 Å². The van der Waals surface area contributed by atoms with Crippen LogP contribution in [-0.4, -0.2) is 6.61 Å². The van der Waals surface area contributed by atoms with Gasteiger partial charge in [-0.3, -0.25) is 0 Å². The van der Waals surface area contributed by atoms with Crippen LogP contribution >= 0.6 is 27.3 Å². The fourth-order valence-corrected chi connectivity index (χ4v) is 3.09. The molecule has 0 saturated carbocycles. The lowest BCUT2D eigenvalue weighted by molar-refractivity contribution is 0.362. The smallest absolute Gasteiger partial charge is 0.174 e. The number of hydrogen-bond acceptors (Lipinski definition) is 4. The fraction of sp³-hybridized carbons (Fsp3) is 0.214. The molecule has 0 radical (unpaired) electrons. The van der Waals surface area contributed by atoms with Gasteiger partial charge >= 0.3 is 0 Å². The van der Waals surface area contributed by atoms with Gasteiger partial charge in [0.05, 0.1) is 0 Å². The van der Waals surface area contributed by atoms with E-state index in [1.165, 1.54) is 4.88 Å². The van der Waals surface area contributed by atoms with Gasteiger partial charge in [0.25, 0.3) is 0 Å². The third-order valence-corrected chi connectivity index (χ3v) is 4.20. The normalized spacial score (nSPS) is 10.1. The Morgan fingerprint density at radius 3 is 2.89 bits per heavy atom. The van der Waals surface area contributed by atoms with Gasteiger partial charge in [-0.05, 0) is 28.1 Å². The molecular weight excluding hydrogens is 324 g/mol. The highest BCUT2D eigenvalue weighted by atomic mass is 79.9. The van der Waals surface area contributed by atoms with Crippen molar-refractivity contribution in [3.05, 3.63) is 50.6 Å². The Balaban J connectivity index is 1.90. The number of para-hydroxylation sites is 1. The molecule has 1 heterocycles. The number of rotatable bonds is 6. The van der Waals surface area contributed by atoms with Gasteiger partial charge in [-0.25, -0.2) is 0 Å². The largest absolute Gasteiger partial charge is 0.478 e. The molecule has 0 spiro atoms. The standard InChI is InChI=1S/C14H13BrN2OS/c15-12-7-13(19-10-12)9-17-8-11-3-1-2-4-14(11)18-6-5-16/h1-4,7,10,17H,6,8-9H2. The lowest BCUT2D eigenvalue weighted by Gasteiger charge is -2.09. The monoisotopic (exact) mass is 336 g/mol. The summed E-state index contributed by atoms with van der Waals surface area (Å²) >= 11 is 5.16. The van der Waals surface area contributed by atoms with Crippen molar-refractivity contribution >= 4 is 27.3 Å². The van der Waals surface area contributed by atoms with Gasteiger partial charge < -0.3 is 10.1 Å². The molecule has 0 saturated heterocycles. The van der Waals surface area contributed by atoms with Gasteiger partial charge in [0.2, 0.25) is 0 Å². The van der Waals surface area contributed by atoms with E-state index in [1.807, 2.05) is 30.3 Å². The van der Waals surface area contributed by atoms with Crippen molar-refractivity contribution < 1.29 is 4.74 Å². The molecule has 0 amide bonds. The Morgan fingerprint density at radius 1 is 1.32 bits per heavy atom. The van der Waals surface area contributed by atoms with Crippen LogP contribution in [0.1, 0.15) is 10.4 Å². The number of benzene rings is 1. The Labute approximate surface area is 125 Å². The predicted octanol–water partition coefficient (Wildman–Crippen LogP) is 3.70. The van der Waals surface area contributed by atoms with Crippen LogP contribution in [0, 0.1) is 11.3 Å². The van der Waals surface area contributed by atoms with Crippen LogP contribution in [0.15, 0.2) is 40.2 Å². The zero-order valence-corrected chi connectivity index (χ0v) is 12.6. The summed E-state index contributed by atoms with van der Waals surface area (Å²) in [5.41, 5.74) is 1.06. The van der Waals surface area contributed by atoms with Crippen LogP contribution in [0.4, 0.5) is 0 Å². The van der Waals surface area contributed by atoms with Crippen molar-refractivity contribution in [2.24, 2.45) is 0 Å². The maximum atomic E-state index is 8.55. The molecule has 98 valence electrons. The summed E-state index contributed by atoms with van der Waals surface area (Å²) in [4.78, 5) is 1.28. The van der Waals surface area contributed by atoms with Crippen LogP contribution in [-0.2, 0) is 13.1 Å². The van der Waals surface area contributed by atoms with E-state index in [0.717, 1.165) is 28.9 Å². The quantitative estimate of drug-likeness (QED) is 0.874. The van der Waals surface area contributed by atoms with E-state index >= 15 is 0 Å². The average molecular weight is 337 g/mol. The minimum atomic E-state index is 0.0783. The molecular formula is C14H13BrN2OS. The van der Waals surface area contributed by atoms with E-state index in [-0.39, 0.29) is 6.61 Å². The minimum absolute atomic E-state index is 0.0783. The molecule has 0 unspecified atom stereocenters. The molecule has 0 aliphatic heterocycles. The highest BCUT2D eigenvalue weighted by Crippen LogP contribution is 2.20. The summed E-state index contributed by atoms with van der Waals surface area (Å²) in [5, 5.41) is 14.0. The summed E-state index contributed by atoms with van der Waals surface area (Å²) in [5.74, 6) is 0.768. The van der Waals surface area contributed by atoms with Gasteiger partial charge in [-0.15, -0.1) is 11.3 Å². The number of hydrogen-bond donors (Lipinski definition) is 1. The van der Waals surface area contributed by atoms with Crippen molar-refractivity contribution in [3.8, 4) is 11.8 Å². The maximum Gasteiger partial charge on any atom is 0.174 e. The maximum absolute atomic E-state index is 8.55. The number of ether oxygens (including phenoxy) is 1. The number of nitrogens with one attached hydrogen (secondary N) is 1. The molecule has 0 bridgehead atoms. The first-order chi connectivity index (χ1) is 9.29. The van der Waals surface area contributed by atoms with E-state index in [2.05, 4.69) is 32.7 Å². The molecule has 2 rings (SSSR count). The van der Waals surface area contributed by atoms with Crippen LogP contribution in [0.3, 0.4) is 0 Å². The molecule has 3 nitrogen and oxygen atoms in total. The van der Waals surface area contributed by atoms with Crippen LogP contribution < -0.4 is 10.1 Å². The second-order valence-corrected chi connectivity index (χ2v) is 5.80. The Morgan fingerprint density at radius 2 is 2.16 bits per heavy atom. The van der Waals surface area contributed by atoms with E-state index in [1.54, 1.807) is 11.3 Å². The molecule has 1 aromatic carbocycles. The topological polar surface area (TPSA) is 45.0 Å². The Kier molecular flexibility index (Phi) is 5.40. The second-order valence-electron chi connectivity index (χ2n) is 3.89. The summed E-state index contributed by atoms with van der Waals surface area (Å²) in [6.07, 6.45) is 0. The molecule has 2 aromatic rings. The third-order valence-electron chi connectivity index (χ3n) is 2.50. The number of thiophene rings is 1. The van der Waals surface area contributed by atoms with Gasteiger partial charge in [0, 0.05) is 33.4 Å². The van der Waals surface area contributed by atoms with E-state index in [9.17, 15) is 0 Å². The van der Waals surface area contributed by atoms with Gasteiger partial charge in [0.1, 0.15) is 11.8 Å². The number of nitriles is 1. The highest BCUT2D eigenvalue weighted by Gasteiger charge is 2.03. The van der Waals surface area contributed by atoms with Crippen molar-refractivity contribution in [3.63, 3.8) is 0 Å². The molecule has 0 atom stereocenters. The SMILES string of the molecule is N#CCOc1ccccc1CNCc1cc(Br)cs1. The van der Waals surface area contributed by atoms with E-state index in [0.29, 0.717) is 0 Å². The molecule has 19 heavy (non-hydrogen) atoms. The summed E-state index contributed by atoms with van der Waals surface area (Å²) in [7, 11) is 0. The molecule has 1 aromatic heterocycles. The second kappa shape index (κ2) is 7.29. The number of nitrogens with zero attached hydrogens (tertiary/aromatic N) is 1. The highest BCUT2D eigenvalue weighted by molar-refractivity contribution is 9.10. The molecule has 0 aliphatic rings. The molecule has 5 heteroatoms. The van der Waals surface area contributed by atoms with Crippen molar-refractivity contribution in [2.45, 2.75) is 13.1 Å². The summed E-state index contributed by atoms with van der Waals surface area (Å²) < 4.78 is 6.50. The third kappa shape index (κ3) is 4.35. The molecule has 1 N–H and O–H groups in total. The van der Waals surface area contributed by atoms with Gasteiger partial charge in [0.15, 0.2) is 6.61 Å². The first-order valence-electron chi connectivity index (χ1n) is 5.81. The first-order valence-corrected chi connectivity index (χ1v) is 7.48. The van der Waals surface area contributed by atoms with Crippen molar-refractivity contribution in [1.82, 2.24) is 5.32 Å². The summed E-state index contributed by atoms with van der Waals surface area (Å²) in [6.45, 7) is 1.62. The van der Waals surface area contributed by atoms with Crippen LogP contribution in [0.2, 0.25) is 0 Å². The first kappa shape index (κ1) is 14.1. The van der Waals surface area contributed by atoms with E-state index < -0.39 is 0 Å². The Bertz CT molecular complexity index is 577. The zero-order chi connectivity index (χ0) is 13.5. The lowest BCUT2D eigenvalue weighted by atomic mass is 10.2. The Hall–Kier alpha value is -1.35. The van der Waals surface area contributed by atoms with E-state index in [4.69, 9.17) is 10.00 Å². The molecule has 0 fully saturated rings. The van der Waals surface area contributed by atoms with Crippen LogP contribution in [0.25, 0.3) is 0 Å². The number of halogens is 1. The van der Waals surface area contributed by atoms with Crippen molar-refractivity contribution in [2.75, 3.05) is 6.61 Å². The average Bonchev–Trinajstić information content (AvgIpc) is 2.83. The lowest BCUT2D eigenvalue weighted by Crippen LogP contribution is -2.12. The van der Waals surface area contributed by atoms with Gasteiger partial charge in [-0.1, -0.05) is 18.2 Å². The summed E-state index contributed by atoms with van der Waals surface area (Å²) in [6, 6.07) is 11.9. The van der Waals surface area contributed by atoms with Gasteiger partial charge in [-0.2, -0.15) is 5.26 Å². The van der Waals surface area contributed by atoms with Crippen LogP contribution in [0.5, 0.6) is 5.75 Å². The predicted molar refractivity (Wildman–Crippen MR) is 80.1 cm³/mol.